The predicted molar refractivity (Wildman–Crippen MR) is 83.6 cm³/mol. The number of fused-ring (bicyclic) bond motifs is 1. The van der Waals surface area contributed by atoms with E-state index in [0.29, 0.717) is 18.2 Å². The van der Waals surface area contributed by atoms with Gasteiger partial charge in [-0.25, -0.2) is 0 Å². The Kier molecular flexibility index (Phi) is 3.97. The smallest absolute Gasteiger partial charge is 0.287 e. The lowest BCUT2D eigenvalue weighted by Gasteiger charge is -2.22. The molecule has 4 nitrogen and oxygen atoms in total. The summed E-state index contributed by atoms with van der Waals surface area (Å²) in [5.74, 6) is 0.808. The van der Waals surface area contributed by atoms with Crippen molar-refractivity contribution in [3.8, 4) is 0 Å². The second-order valence-corrected chi connectivity index (χ2v) is 6.01. The molecule has 4 heteroatoms. The van der Waals surface area contributed by atoms with Crippen LogP contribution in [0.15, 0.2) is 22.6 Å². The molecular weight excluding hydrogens is 264 g/mol. The molecule has 1 fully saturated rings. The van der Waals surface area contributed by atoms with Gasteiger partial charge in [0.05, 0.1) is 0 Å². The highest BCUT2D eigenvalue weighted by atomic mass is 16.3. The average molecular weight is 286 g/mol. The van der Waals surface area contributed by atoms with E-state index in [2.05, 4.69) is 23.6 Å². The first-order valence-corrected chi connectivity index (χ1v) is 7.63. The third-order valence-electron chi connectivity index (χ3n) is 4.31. The number of carbonyl (C=O) groups excluding carboxylic acids is 1. The van der Waals surface area contributed by atoms with Crippen LogP contribution in [-0.2, 0) is 0 Å². The van der Waals surface area contributed by atoms with Crippen molar-refractivity contribution < 1.29 is 9.21 Å². The van der Waals surface area contributed by atoms with E-state index in [1.54, 1.807) is 0 Å². The highest BCUT2D eigenvalue weighted by Gasteiger charge is 2.17. The Labute approximate surface area is 124 Å². The Morgan fingerprint density at radius 2 is 2.14 bits per heavy atom. The number of benzene rings is 1. The zero-order valence-electron chi connectivity index (χ0n) is 12.7. The van der Waals surface area contributed by atoms with Gasteiger partial charge in [0.15, 0.2) is 5.76 Å². The van der Waals surface area contributed by atoms with Crippen LogP contribution < -0.4 is 10.6 Å². The number of hydrogen-bond donors (Lipinski definition) is 2. The largest absolute Gasteiger partial charge is 0.451 e. The number of hydrogen-bond acceptors (Lipinski definition) is 3. The Morgan fingerprint density at radius 1 is 1.33 bits per heavy atom. The molecule has 0 bridgehead atoms. The van der Waals surface area contributed by atoms with Crippen LogP contribution in [0.5, 0.6) is 0 Å². The summed E-state index contributed by atoms with van der Waals surface area (Å²) in [6.07, 6.45) is 2.36. The van der Waals surface area contributed by atoms with Crippen molar-refractivity contribution in [1.29, 1.82) is 0 Å². The number of nitrogens with one attached hydrogen (secondary N) is 2. The number of aryl methyl sites for hydroxylation is 2. The van der Waals surface area contributed by atoms with Gasteiger partial charge in [0.1, 0.15) is 5.58 Å². The summed E-state index contributed by atoms with van der Waals surface area (Å²) in [5, 5.41) is 7.33. The minimum Gasteiger partial charge on any atom is -0.451 e. The summed E-state index contributed by atoms with van der Waals surface area (Å²) in [4.78, 5) is 12.2. The van der Waals surface area contributed by atoms with Gasteiger partial charge < -0.3 is 15.1 Å². The van der Waals surface area contributed by atoms with Crippen molar-refractivity contribution in [3.05, 3.63) is 35.1 Å². The number of carbonyl (C=O) groups is 1. The van der Waals surface area contributed by atoms with E-state index < -0.39 is 0 Å². The molecule has 1 aromatic carbocycles. The quantitative estimate of drug-likeness (QED) is 0.912. The normalized spacial score (nSPS) is 18.9. The SMILES string of the molecule is Cc1cc2cc(C(=O)NCC3CCCNC3)oc2cc1C. The molecule has 1 aliphatic heterocycles. The van der Waals surface area contributed by atoms with Gasteiger partial charge in [0.2, 0.25) is 0 Å². The van der Waals surface area contributed by atoms with Crippen LogP contribution >= 0.6 is 0 Å². The molecule has 2 heterocycles. The van der Waals surface area contributed by atoms with Gasteiger partial charge in [-0.1, -0.05) is 0 Å². The predicted octanol–water partition coefficient (Wildman–Crippen LogP) is 2.78. The molecule has 1 saturated heterocycles. The van der Waals surface area contributed by atoms with Crippen LogP contribution in [0.1, 0.15) is 34.5 Å². The molecule has 0 radical (unpaired) electrons. The van der Waals surface area contributed by atoms with Crippen LogP contribution in [0.4, 0.5) is 0 Å². The Morgan fingerprint density at radius 3 is 2.90 bits per heavy atom. The van der Waals surface area contributed by atoms with E-state index in [1.807, 2.05) is 19.1 Å². The maximum Gasteiger partial charge on any atom is 0.287 e. The third-order valence-corrected chi connectivity index (χ3v) is 4.31. The maximum atomic E-state index is 12.2. The molecule has 0 aliphatic carbocycles. The molecule has 1 atom stereocenters. The standard InChI is InChI=1S/C17H22N2O2/c1-11-6-14-8-16(21-15(14)7-12(11)2)17(20)19-10-13-4-3-5-18-9-13/h6-8,13,18H,3-5,9-10H2,1-2H3,(H,19,20). The molecule has 1 aromatic heterocycles. The molecule has 2 aromatic rings. The summed E-state index contributed by atoms with van der Waals surface area (Å²) < 4.78 is 5.68. The Balaban J connectivity index is 1.69. The lowest BCUT2D eigenvalue weighted by Crippen LogP contribution is -2.38. The molecule has 0 saturated carbocycles. The van der Waals surface area contributed by atoms with Gasteiger partial charge in [-0.15, -0.1) is 0 Å². The number of rotatable bonds is 3. The highest BCUT2D eigenvalue weighted by Crippen LogP contribution is 2.23. The Hall–Kier alpha value is -1.81. The van der Waals surface area contributed by atoms with E-state index >= 15 is 0 Å². The van der Waals surface area contributed by atoms with Gasteiger partial charge in [-0.2, -0.15) is 0 Å². The number of amides is 1. The first-order valence-electron chi connectivity index (χ1n) is 7.63. The fourth-order valence-corrected chi connectivity index (χ4v) is 2.84. The van der Waals surface area contributed by atoms with Crippen molar-refractivity contribution in [2.45, 2.75) is 26.7 Å². The topological polar surface area (TPSA) is 54.3 Å². The molecule has 1 aliphatic rings. The summed E-state index contributed by atoms with van der Waals surface area (Å²) in [5.41, 5.74) is 3.17. The molecule has 1 amide bonds. The minimum atomic E-state index is -0.118. The first kappa shape index (κ1) is 14.1. The van der Waals surface area contributed by atoms with E-state index in [9.17, 15) is 4.79 Å². The van der Waals surface area contributed by atoms with Gasteiger partial charge in [0.25, 0.3) is 5.91 Å². The number of furan rings is 1. The van der Waals surface area contributed by atoms with Crippen LogP contribution in [0.25, 0.3) is 11.0 Å². The van der Waals surface area contributed by atoms with Crippen LogP contribution in [-0.4, -0.2) is 25.5 Å². The second kappa shape index (κ2) is 5.90. The van der Waals surface area contributed by atoms with Gasteiger partial charge in [0, 0.05) is 11.9 Å². The molecule has 21 heavy (non-hydrogen) atoms. The van der Waals surface area contributed by atoms with E-state index in [-0.39, 0.29) is 5.91 Å². The molecule has 112 valence electrons. The monoisotopic (exact) mass is 286 g/mol. The summed E-state index contributed by atoms with van der Waals surface area (Å²) in [7, 11) is 0. The van der Waals surface area contributed by atoms with Crippen LogP contribution in [0.2, 0.25) is 0 Å². The van der Waals surface area contributed by atoms with Crippen molar-refractivity contribution in [1.82, 2.24) is 10.6 Å². The lowest BCUT2D eigenvalue weighted by molar-refractivity contribution is 0.0919. The second-order valence-electron chi connectivity index (χ2n) is 6.01. The molecule has 0 spiro atoms. The first-order chi connectivity index (χ1) is 10.1. The van der Waals surface area contributed by atoms with Gasteiger partial charge in [-0.3, -0.25) is 4.79 Å². The van der Waals surface area contributed by atoms with Crippen molar-refractivity contribution in [3.63, 3.8) is 0 Å². The van der Waals surface area contributed by atoms with Crippen molar-refractivity contribution >= 4 is 16.9 Å². The third kappa shape index (κ3) is 3.10. The maximum absolute atomic E-state index is 12.2. The van der Waals surface area contributed by atoms with Crippen LogP contribution in [0, 0.1) is 19.8 Å². The van der Waals surface area contributed by atoms with Gasteiger partial charge >= 0.3 is 0 Å². The highest BCUT2D eigenvalue weighted by molar-refractivity contribution is 5.96. The Bertz CT molecular complexity index is 615. The average Bonchev–Trinajstić information content (AvgIpc) is 2.89. The molecule has 1 unspecified atom stereocenters. The zero-order valence-corrected chi connectivity index (χ0v) is 12.7. The molecule has 3 rings (SSSR count). The summed E-state index contributed by atoms with van der Waals surface area (Å²) >= 11 is 0. The molecule has 2 N–H and O–H groups in total. The lowest BCUT2D eigenvalue weighted by atomic mass is 10.00. The fourth-order valence-electron chi connectivity index (χ4n) is 2.84. The summed E-state index contributed by atoms with van der Waals surface area (Å²) in [6.45, 7) is 6.90. The fraction of sp³-hybridized carbons (Fsp3) is 0.471. The van der Waals surface area contributed by atoms with E-state index in [0.717, 1.165) is 24.1 Å². The number of piperidine rings is 1. The summed E-state index contributed by atoms with van der Waals surface area (Å²) in [6, 6.07) is 5.89. The van der Waals surface area contributed by atoms with Crippen molar-refractivity contribution in [2.75, 3.05) is 19.6 Å². The molecular formula is C17H22N2O2. The minimum absolute atomic E-state index is 0.118. The van der Waals surface area contributed by atoms with Crippen molar-refractivity contribution in [2.24, 2.45) is 5.92 Å². The van der Waals surface area contributed by atoms with E-state index in [4.69, 9.17) is 4.42 Å². The van der Waals surface area contributed by atoms with E-state index in [1.165, 1.54) is 24.0 Å². The zero-order chi connectivity index (χ0) is 14.8. The van der Waals surface area contributed by atoms with Gasteiger partial charge in [-0.05, 0) is 75.0 Å². The van der Waals surface area contributed by atoms with Crippen LogP contribution in [0.3, 0.4) is 0 Å².